The van der Waals surface area contributed by atoms with Crippen LogP contribution in [0.3, 0.4) is 0 Å². The standard InChI is InChI=1S/C9H17N3/c1-7(2)8-6-12-5-4-10-9(12)11(8)3/h7-8H,4-6H2,1-3H3/t8-/m1/s1. The smallest absolute Gasteiger partial charge is 0.196 e. The van der Waals surface area contributed by atoms with Crippen molar-refractivity contribution in [1.29, 1.82) is 0 Å². The van der Waals surface area contributed by atoms with Crippen molar-refractivity contribution in [2.24, 2.45) is 10.9 Å². The summed E-state index contributed by atoms with van der Waals surface area (Å²) < 4.78 is 0. The lowest BCUT2D eigenvalue weighted by atomic mass is 10.0. The van der Waals surface area contributed by atoms with Crippen molar-refractivity contribution in [3.05, 3.63) is 0 Å². The molecule has 2 rings (SSSR count). The Balaban J connectivity index is 2.15. The minimum absolute atomic E-state index is 0.670. The quantitative estimate of drug-likeness (QED) is 0.570. The first-order valence-corrected chi connectivity index (χ1v) is 4.72. The Kier molecular flexibility index (Phi) is 1.74. The molecule has 3 heteroatoms. The molecule has 0 aromatic heterocycles. The molecule has 2 aliphatic heterocycles. The number of hydrogen-bond donors (Lipinski definition) is 0. The second kappa shape index (κ2) is 2.64. The predicted molar refractivity (Wildman–Crippen MR) is 50.3 cm³/mol. The summed E-state index contributed by atoms with van der Waals surface area (Å²) in [5.74, 6) is 1.94. The van der Waals surface area contributed by atoms with Crippen LogP contribution < -0.4 is 0 Å². The summed E-state index contributed by atoms with van der Waals surface area (Å²) in [5.41, 5.74) is 0. The molecule has 0 N–H and O–H groups in total. The number of aliphatic imine (C=N–C) groups is 1. The summed E-state index contributed by atoms with van der Waals surface area (Å²) >= 11 is 0. The predicted octanol–water partition coefficient (Wildman–Crippen LogP) is 0.628. The molecule has 0 amide bonds. The lowest BCUT2D eigenvalue weighted by Crippen LogP contribution is -2.34. The Morgan fingerprint density at radius 2 is 2.25 bits per heavy atom. The minimum atomic E-state index is 0.670. The normalized spacial score (nSPS) is 28.3. The molecular formula is C9H17N3. The number of guanidine groups is 1. The van der Waals surface area contributed by atoms with Crippen LogP contribution in [0.25, 0.3) is 0 Å². The van der Waals surface area contributed by atoms with Gasteiger partial charge in [0.2, 0.25) is 0 Å². The van der Waals surface area contributed by atoms with E-state index in [1.54, 1.807) is 0 Å². The van der Waals surface area contributed by atoms with Gasteiger partial charge in [0, 0.05) is 20.1 Å². The van der Waals surface area contributed by atoms with Crippen LogP contribution in [-0.2, 0) is 0 Å². The molecule has 12 heavy (non-hydrogen) atoms. The maximum absolute atomic E-state index is 4.48. The van der Waals surface area contributed by atoms with Crippen molar-refractivity contribution in [3.8, 4) is 0 Å². The van der Waals surface area contributed by atoms with Gasteiger partial charge in [0.05, 0.1) is 12.6 Å². The van der Waals surface area contributed by atoms with Gasteiger partial charge < -0.3 is 9.80 Å². The van der Waals surface area contributed by atoms with Crippen LogP contribution in [0.5, 0.6) is 0 Å². The summed E-state index contributed by atoms with van der Waals surface area (Å²) in [6.45, 7) is 7.86. The molecule has 0 aromatic rings. The van der Waals surface area contributed by atoms with Gasteiger partial charge in [-0.3, -0.25) is 4.99 Å². The topological polar surface area (TPSA) is 18.8 Å². The summed E-state index contributed by atoms with van der Waals surface area (Å²) in [6, 6.07) is 0.670. The van der Waals surface area contributed by atoms with E-state index in [4.69, 9.17) is 0 Å². The fourth-order valence-electron chi connectivity index (χ4n) is 2.13. The van der Waals surface area contributed by atoms with Crippen LogP contribution in [-0.4, -0.2) is 48.5 Å². The molecule has 2 aliphatic rings. The highest BCUT2D eigenvalue weighted by Gasteiger charge is 2.36. The first-order chi connectivity index (χ1) is 5.70. The molecule has 68 valence electrons. The minimum Gasteiger partial charge on any atom is -0.341 e. The van der Waals surface area contributed by atoms with Crippen LogP contribution in [0, 0.1) is 5.92 Å². The van der Waals surface area contributed by atoms with Crippen LogP contribution >= 0.6 is 0 Å². The molecule has 0 bridgehead atoms. The molecule has 0 aromatic carbocycles. The summed E-state index contributed by atoms with van der Waals surface area (Å²) in [5, 5.41) is 0. The largest absolute Gasteiger partial charge is 0.341 e. The van der Waals surface area contributed by atoms with E-state index in [1.165, 1.54) is 12.5 Å². The monoisotopic (exact) mass is 167 g/mol. The van der Waals surface area contributed by atoms with Gasteiger partial charge in [0.1, 0.15) is 0 Å². The molecule has 0 aliphatic carbocycles. The Morgan fingerprint density at radius 3 is 2.83 bits per heavy atom. The third kappa shape index (κ3) is 0.993. The zero-order valence-corrected chi connectivity index (χ0v) is 8.12. The van der Waals surface area contributed by atoms with E-state index < -0.39 is 0 Å². The lowest BCUT2D eigenvalue weighted by Gasteiger charge is -2.22. The number of rotatable bonds is 1. The van der Waals surface area contributed by atoms with Crippen molar-refractivity contribution >= 4 is 5.96 Å². The van der Waals surface area contributed by atoms with E-state index >= 15 is 0 Å². The summed E-state index contributed by atoms with van der Waals surface area (Å²) in [4.78, 5) is 9.20. The second-order valence-corrected chi connectivity index (χ2v) is 4.05. The molecule has 0 saturated carbocycles. The van der Waals surface area contributed by atoms with E-state index in [-0.39, 0.29) is 0 Å². The van der Waals surface area contributed by atoms with E-state index in [1.807, 2.05) is 0 Å². The highest BCUT2D eigenvalue weighted by atomic mass is 15.5. The molecule has 1 fully saturated rings. The molecule has 0 spiro atoms. The Labute approximate surface area is 74.1 Å². The highest BCUT2D eigenvalue weighted by molar-refractivity contribution is 5.83. The number of fused-ring (bicyclic) bond motifs is 1. The van der Waals surface area contributed by atoms with Gasteiger partial charge >= 0.3 is 0 Å². The maximum Gasteiger partial charge on any atom is 0.196 e. The van der Waals surface area contributed by atoms with Crippen LogP contribution in [0.2, 0.25) is 0 Å². The maximum atomic E-state index is 4.48. The van der Waals surface area contributed by atoms with E-state index in [0.717, 1.165) is 19.0 Å². The molecule has 0 radical (unpaired) electrons. The molecule has 1 saturated heterocycles. The van der Waals surface area contributed by atoms with Crippen molar-refractivity contribution in [1.82, 2.24) is 9.80 Å². The Morgan fingerprint density at radius 1 is 1.50 bits per heavy atom. The SMILES string of the molecule is CC(C)[C@H]1CN2CCN=C2N1C. The van der Waals surface area contributed by atoms with E-state index in [0.29, 0.717) is 6.04 Å². The lowest BCUT2D eigenvalue weighted by molar-refractivity contribution is 0.306. The van der Waals surface area contributed by atoms with E-state index in [2.05, 4.69) is 35.7 Å². The van der Waals surface area contributed by atoms with Gasteiger partial charge in [-0.15, -0.1) is 0 Å². The zero-order valence-electron chi connectivity index (χ0n) is 8.12. The van der Waals surface area contributed by atoms with Crippen molar-refractivity contribution < 1.29 is 0 Å². The molecule has 0 unspecified atom stereocenters. The van der Waals surface area contributed by atoms with Crippen LogP contribution in [0.15, 0.2) is 4.99 Å². The first-order valence-electron chi connectivity index (χ1n) is 4.72. The van der Waals surface area contributed by atoms with Gasteiger partial charge in [-0.25, -0.2) is 0 Å². The third-order valence-electron chi connectivity index (χ3n) is 2.90. The van der Waals surface area contributed by atoms with E-state index in [9.17, 15) is 0 Å². The van der Waals surface area contributed by atoms with Gasteiger partial charge in [-0.05, 0) is 5.92 Å². The van der Waals surface area contributed by atoms with Gasteiger partial charge in [0.25, 0.3) is 0 Å². The van der Waals surface area contributed by atoms with Gasteiger partial charge in [-0.1, -0.05) is 13.8 Å². The van der Waals surface area contributed by atoms with Crippen molar-refractivity contribution in [2.75, 3.05) is 26.7 Å². The number of nitrogens with zero attached hydrogens (tertiary/aromatic N) is 3. The third-order valence-corrected chi connectivity index (χ3v) is 2.90. The van der Waals surface area contributed by atoms with Crippen LogP contribution in [0.4, 0.5) is 0 Å². The Bertz CT molecular complexity index is 210. The van der Waals surface area contributed by atoms with Crippen molar-refractivity contribution in [3.63, 3.8) is 0 Å². The summed E-state index contributed by atoms with van der Waals surface area (Å²) in [7, 11) is 2.16. The number of hydrogen-bond acceptors (Lipinski definition) is 3. The fourth-order valence-corrected chi connectivity index (χ4v) is 2.13. The fraction of sp³-hybridized carbons (Fsp3) is 0.889. The van der Waals surface area contributed by atoms with Gasteiger partial charge in [0.15, 0.2) is 5.96 Å². The average Bonchev–Trinajstić information content (AvgIpc) is 2.53. The van der Waals surface area contributed by atoms with Crippen molar-refractivity contribution in [2.45, 2.75) is 19.9 Å². The Hall–Kier alpha value is -0.730. The van der Waals surface area contributed by atoms with Crippen LogP contribution in [0.1, 0.15) is 13.8 Å². The molecular weight excluding hydrogens is 150 g/mol. The highest BCUT2D eigenvalue weighted by Crippen LogP contribution is 2.22. The molecule has 1 atom stereocenters. The molecule has 2 heterocycles. The first kappa shape index (κ1) is 7.90. The number of likely N-dealkylation sites (N-methyl/N-ethyl adjacent to an activating group) is 1. The van der Waals surface area contributed by atoms with Gasteiger partial charge in [-0.2, -0.15) is 0 Å². The second-order valence-electron chi connectivity index (χ2n) is 4.05. The molecule has 3 nitrogen and oxygen atoms in total. The zero-order chi connectivity index (χ0) is 8.72. The average molecular weight is 167 g/mol. The summed E-state index contributed by atoms with van der Waals surface area (Å²) in [6.07, 6.45) is 0.